The maximum absolute atomic E-state index is 12.5. The van der Waals surface area contributed by atoms with Gasteiger partial charge in [0.15, 0.2) is 0 Å². The number of methoxy groups -OCH3 is 1. The van der Waals surface area contributed by atoms with E-state index in [1.807, 2.05) is 6.07 Å². The number of anilines is 1. The summed E-state index contributed by atoms with van der Waals surface area (Å²) < 4.78 is 32.5. The molecule has 0 aliphatic heterocycles. The summed E-state index contributed by atoms with van der Waals surface area (Å²) >= 11 is 0. The van der Waals surface area contributed by atoms with Gasteiger partial charge in [0.1, 0.15) is 5.75 Å². The van der Waals surface area contributed by atoms with Crippen LogP contribution in [0.15, 0.2) is 47.4 Å². The van der Waals surface area contributed by atoms with E-state index in [4.69, 9.17) is 10.00 Å². The van der Waals surface area contributed by atoms with Crippen molar-refractivity contribution in [1.29, 1.82) is 5.26 Å². The molecule has 0 bridgehead atoms. The summed E-state index contributed by atoms with van der Waals surface area (Å²) in [5.74, 6) is -0.134. The van der Waals surface area contributed by atoms with Crippen LogP contribution in [0.25, 0.3) is 0 Å². The first-order valence-corrected chi connectivity index (χ1v) is 9.43. The van der Waals surface area contributed by atoms with Crippen LogP contribution in [0.5, 0.6) is 5.75 Å². The van der Waals surface area contributed by atoms with Crippen LogP contribution in [0.1, 0.15) is 28.8 Å². The summed E-state index contributed by atoms with van der Waals surface area (Å²) in [4.78, 5) is 12.5. The summed E-state index contributed by atoms with van der Waals surface area (Å²) in [5.41, 5.74) is 0.878. The average Bonchev–Trinajstić information content (AvgIpc) is 3.45. The molecule has 2 aromatic rings. The van der Waals surface area contributed by atoms with Crippen LogP contribution >= 0.6 is 0 Å². The van der Waals surface area contributed by atoms with Gasteiger partial charge in [-0.2, -0.15) is 5.26 Å². The zero-order valence-corrected chi connectivity index (χ0v) is 14.8. The van der Waals surface area contributed by atoms with Gasteiger partial charge in [0, 0.05) is 11.6 Å². The number of amides is 1. The SMILES string of the molecule is COc1ccc(S(=O)(=O)NC2CC2)cc1NC(=O)c1cccc(C#N)c1. The summed E-state index contributed by atoms with van der Waals surface area (Å²) in [6.07, 6.45) is 1.66. The molecular formula is C18H17N3O4S. The Morgan fingerprint density at radius 1 is 1.23 bits per heavy atom. The molecule has 134 valence electrons. The summed E-state index contributed by atoms with van der Waals surface area (Å²) in [6.45, 7) is 0. The zero-order valence-electron chi connectivity index (χ0n) is 14.0. The van der Waals surface area contributed by atoms with Crippen molar-refractivity contribution < 1.29 is 17.9 Å². The van der Waals surface area contributed by atoms with E-state index in [2.05, 4.69) is 10.0 Å². The van der Waals surface area contributed by atoms with Gasteiger partial charge in [-0.25, -0.2) is 13.1 Å². The van der Waals surface area contributed by atoms with E-state index < -0.39 is 15.9 Å². The second kappa shape index (κ2) is 7.15. The Morgan fingerprint density at radius 2 is 2.00 bits per heavy atom. The molecule has 0 saturated heterocycles. The summed E-state index contributed by atoms with van der Waals surface area (Å²) in [7, 11) is -2.23. The van der Waals surface area contributed by atoms with Crippen molar-refractivity contribution in [2.75, 3.05) is 12.4 Å². The second-order valence-electron chi connectivity index (χ2n) is 5.90. The van der Waals surface area contributed by atoms with Gasteiger partial charge in [-0.05, 0) is 49.2 Å². The van der Waals surface area contributed by atoms with Crippen molar-refractivity contribution in [1.82, 2.24) is 4.72 Å². The van der Waals surface area contributed by atoms with Crippen LogP contribution in [-0.4, -0.2) is 27.5 Å². The van der Waals surface area contributed by atoms with E-state index in [0.29, 0.717) is 11.3 Å². The van der Waals surface area contributed by atoms with E-state index in [9.17, 15) is 13.2 Å². The first-order chi connectivity index (χ1) is 12.4. The number of rotatable bonds is 6. The van der Waals surface area contributed by atoms with E-state index in [1.165, 1.54) is 31.4 Å². The molecule has 0 aromatic heterocycles. The number of hydrogen-bond acceptors (Lipinski definition) is 5. The smallest absolute Gasteiger partial charge is 0.255 e. The van der Waals surface area contributed by atoms with Crippen LogP contribution in [0.4, 0.5) is 5.69 Å². The van der Waals surface area contributed by atoms with E-state index in [1.54, 1.807) is 18.2 Å². The molecule has 1 aliphatic rings. The van der Waals surface area contributed by atoms with Crippen LogP contribution in [0.2, 0.25) is 0 Å². The molecule has 2 aromatic carbocycles. The van der Waals surface area contributed by atoms with Crippen molar-refractivity contribution in [2.24, 2.45) is 0 Å². The fraction of sp³-hybridized carbons (Fsp3) is 0.222. The van der Waals surface area contributed by atoms with Crippen LogP contribution in [-0.2, 0) is 10.0 Å². The number of nitriles is 1. The van der Waals surface area contributed by atoms with Gasteiger partial charge in [-0.15, -0.1) is 0 Å². The largest absolute Gasteiger partial charge is 0.495 e. The van der Waals surface area contributed by atoms with Crippen molar-refractivity contribution >= 4 is 21.6 Å². The normalized spacial score (nSPS) is 13.7. The number of nitrogens with one attached hydrogen (secondary N) is 2. The molecule has 0 radical (unpaired) electrons. The van der Waals surface area contributed by atoms with Gasteiger partial charge < -0.3 is 10.1 Å². The highest BCUT2D eigenvalue weighted by molar-refractivity contribution is 7.89. The number of benzene rings is 2. The highest BCUT2D eigenvalue weighted by Gasteiger charge is 2.28. The third kappa shape index (κ3) is 4.02. The second-order valence-corrected chi connectivity index (χ2v) is 7.62. The van der Waals surface area contributed by atoms with E-state index in [-0.39, 0.29) is 22.2 Å². The molecule has 0 heterocycles. The molecule has 1 aliphatic carbocycles. The maximum atomic E-state index is 12.5. The van der Waals surface area contributed by atoms with Crippen molar-refractivity contribution in [3.05, 3.63) is 53.6 Å². The Bertz CT molecular complexity index is 992. The molecule has 0 spiro atoms. The Morgan fingerprint density at radius 3 is 2.65 bits per heavy atom. The van der Waals surface area contributed by atoms with Crippen molar-refractivity contribution in [2.45, 2.75) is 23.8 Å². The molecule has 26 heavy (non-hydrogen) atoms. The Hall–Kier alpha value is -2.89. The predicted octanol–water partition coefficient (Wildman–Crippen LogP) is 2.26. The van der Waals surface area contributed by atoms with Crippen LogP contribution in [0.3, 0.4) is 0 Å². The number of sulfonamides is 1. The first-order valence-electron chi connectivity index (χ1n) is 7.95. The quantitative estimate of drug-likeness (QED) is 0.810. The molecule has 3 rings (SSSR count). The molecule has 0 atom stereocenters. The lowest BCUT2D eigenvalue weighted by molar-refractivity contribution is 0.102. The molecule has 1 saturated carbocycles. The fourth-order valence-electron chi connectivity index (χ4n) is 2.37. The molecule has 0 unspecified atom stereocenters. The number of hydrogen-bond donors (Lipinski definition) is 2. The number of ether oxygens (including phenoxy) is 1. The summed E-state index contributed by atoms with van der Waals surface area (Å²) in [5, 5.41) is 11.6. The molecule has 1 amide bonds. The van der Waals surface area contributed by atoms with Gasteiger partial charge in [0.2, 0.25) is 10.0 Å². The minimum atomic E-state index is -3.66. The van der Waals surface area contributed by atoms with Gasteiger partial charge in [0.25, 0.3) is 5.91 Å². The van der Waals surface area contributed by atoms with Crippen LogP contribution < -0.4 is 14.8 Å². The Kier molecular flexibility index (Phi) is 4.93. The molecule has 2 N–H and O–H groups in total. The Balaban J connectivity index is 1.89. The molecule has 1 fully saturated rings. The lowest BCUT2D eigenvalue weighted by Crippen LogP contribution is -2.25. The number of carbonyl (C=O) groups is 1. The number of carbonyl (C=O) groups excluding carboxylic acids is 1. The van der Waals surface area contributed by atoms with E-state index in [0.717, 1.165) is 12.8 Å². The molecule has 8 heteroatoms. The molecular weight excluding hydrogens is 354 g/mol. The topological polar surface area (TPSA) is 108 Å². The first kappa shape index (κ1) is 17.9. The van der Waals surface area contributed by atoms with Crippen molar-refractivity contribution in [3.8, 4) is 11.8 Å². The van der Waals surface area contributed by atoms with Gasteiger partial charge >= 0.3 is 0 Å². The monoisotopic (exact) mass is 371 g/mol. The maximum Gasteiger partial charge on any atom is 0.255 e. The van der Waals surface area contributed by atoms with Gasteiger partial charge in [0.05, 0.1) is 29.3 Å². The zero-order chi connectivity index (χ0) is 18.7. The van der Waals surface area contributed by atoms with Crippen LogP contribution in [0, 0.1) is 11.3 Å². The number of nitrogens with zero attached hydrogens (tertiary/aromatic N) is 1. The minimum absolute atomic E-state index is 0.0196. The lowest BCUT2D eigenvalue weighted by Gasteiger charge is -2.13. The summed E-state index contributed by atoms with van der Waals surface area (Å²) in [6, 6.07) is 12.4. The minimum Gasteiger partial charge on any atom is -0.495 e. The Labute approximate surface area is 151 Å². The van der Waals surface area contributed by atoms with Crippen molar-refractivity contribution in [3.63, 3.8) is 0 Å². The predicted molar refractivity (Wildman–Crippen MR) is 95.4 cm³/mol. The highest BCUT2D eigenvalue weighted by atomic mass is 32.2. The fourth-order valence-corrected chi connectivity index (χ4v) is 3.70. The average molecular weight is 371 g/mol. The third-order valence-electron chi connectivity index (χ3n) is 3.88. The highest BCUT2D eigenvalue weighted by Crippen LogP contribution is 2.29. The van der Waals surface area contributed by atoms with Gasteiger partial charge in [-0.1, -0.05) is 6.07 Å². The van der Waals surface area contributed by atoms with E-state index >= 15 is 0 Å². The molecule has 7 nitrogen and oxygen atoms in total. The third-order valence-corrected chi connectivity index (χ3v) is 5.40. The standard InChI is InChI=1S/C18H17N3O4S/c1-25-17-8-7-15(26(23,24)21-14-5-6-14)10-16(17)20-18(22)13-4-2-3-12(9-13)11-19/h2-4,7-10,14,21H,5-6H2,1H3,(H,20,22). The van der Waals surface area contributed by atoms with Gasteiger partial charge in [-0.3, -0.25) is 4.79 Å². The lowest BCUT2D eigenvalue weighted by atomic mass is 10.1.